The molecule has 0 radical (unpaired) electrons. The van der Waals surface area contributed by atoms with Gasteiger partial charge in [-0.25, -0.2) is 4.79 Å². The molecule has 0 bridgehead atoms. The zero-order valence-corrected chi connectivity index (χ0v) is 13.0. The van der Waals surface area contributed by atoms with Gasteiger partial charge in [0.1, 0.15) is 11.1 Å². The van der Waals surface area contributed by atoms with Crippen LogP contribution in [0.4, 0.5) is 5.00 Å². The minimum absolute atomic E-state index is 0.369. The summed E-state index contributed by atoms with van der Waals surface area (Å²) in [6.07, 6.45) is 9.14. The summed E-state index contributed by atoms with van der Waals surface area (Å²) < 4.78 is 4.82. The molecule has 5 nitrogen and oxygen atoms in total. The van der Waals surface area contributed by atoms with Crippen molar-refractivity contribution in [1.82, 2.24) is 0 Å². The van der Waals surface area contributed by atoms with E-state index >= 15 is 0 Å². The Morgan fingerprint density at radius 3 is 2.95 bits per heavy atom. The van der Waals surface area contributed by atoms with Gasteiger partial charge in [-0.3, -0.25) is 4.79 Å². The van der Waals surface area contributed by atoms with Crippen molar-refractivity contribution < 1.29 is 14.3 Å². The van der Waals surface area contributed by atoms with E-state index in [9.17, 15) is 14.9 Å². The Labute approximate surface area is 132 Å². The normalized spacial score (nSPS) is 13.3. The molecule has 1 heterocycles. The van der Waals surface area contributed by atoms with E-state index in [2.05, 4.69) is 11.4 Å². The van der Waals surface area contributed by atoms with Crippen molar-refractivity contribution in [2.75, 3.05) is 11.9 Å². The molecule has 1 aromatic heterocycles. The Bertz CT molecular complexity index is 680. The van der Waals surface area contributed by atoms with E-state index in [4.69, 9.17) is 4.74 Å². The first-order chi connectivity index (χ1) is 10.7. The van der Waals surface area contributed by atoms with Crippen LogP contribution in [-0.2, 0) is 27.2 Å². The van der Waals surface area contributed by atoms with E-state index in [1.54, 1.807) is 12.2 Å². The van der Waals surface area contributed by atoms with Gasteiger partial charge >= 0.3 is 5.97 Å². The summed E-state index contributed by atoms with van der Waals surface area (Å²) in [6.45, 7) is 1.46. The van der Waals surface area contributed by atoms with Gasteiger partial charge < -0.3 is 10.1 Å². The monoisotopic (exact) mass is 316 g/mol. The average molecular weight is 316 g/mol. The standard InChI is InChI=1S/C16H16N2O3S/c1-2-3-4-8-15(20)21-10-14(19)18-16-12(9-17)11-6-5-7-13(11)22-16/h2-4,8H,5-7,10H2,1H3,(H,18,19)/b3-2+,8-4+. The Balaban J connectivity index is 1.91. The number of ether oxygens (including phenoxy) is 1. The molecule has 1 aromatic rings. The lowest BCUT2D eigenvalue weighted by Crippen LogP contribution is -2.20. The molecule has 0 aromatic carbocycles. The van der Waals surface area contributed by atoms with Crippen molar-refractivity contribution in [1.29, 1.82) is 5.26 Å². The Morgan fingerprint density at radius 1 is 1.41 bits per heavy atom. The second-order valence-electron chi connectivity index (χ2n) is 4.71. The molecule has 0 aliphatic heterocycles. The maximum Gasteiger partial charge on any atom is 0.331 e. The van der Waals surface area contributed by atoms with Crippen LogP contribution in [0, 0.1) is 11.3 Å². The number of carbonyl (C=O) groups excluding carboxylic acids is 2. The summed E-state index contributed by atoms with van der Waals surface area (Å²) in [5.41, 5.74) is 1.60. The third-order valence-corrected chi connectivity index (χ3v) is 4.37. The van der Waals surface area contributed by atoms with Crippen molar-refractivity contribution in [3.05, 3.63) is 40.3 Å². The SMILES string of the molecule is C/C=C/C=C/C(=O)OCC(=O)Nc1sc2c(c1C#N)CCC2. The Hall–Kier alpha value is -2.39. The van der Waals surface area contributed by atoms with Gasteiger partial charge in [0.25, 0.3) is 5.91 Å². The summed E-state index contributed by atoms with van der Waals surface area (Å²) in [7, 11) is 0. The fourth-order valence-electron chi connectivity index (χ4n) is 2.20. The molecule has 2 rings (SSSR count). The highest BCUT2D eigenvalue weighted by Crippen LogP contribution is 2.38. The van der Waals surface area contributed by atoms with Crippen LogP contribution >= 0.6 is 11.3 Å². The van der Waals surface area contributed by atoms with Gasteiger partial charge in [-0.15, -0.1) is 11.3 Å². The molecule has 22 heavy (non-hydrogen) atoms. The van der Waals surface area contributed by atoms with Crippen LogP contribution in [0.5, 0.6) is 0 Å². The third-order valence-electron chi connectivity index (χ3n) is 3.17. The molecule has 1 aliphatic rings. The number of esters is 1. The van der Waals surface area contributed by atoms with E-state index in [0.29, 0.717) is 10.6 Å². The van der Waals surface area contributed by atoms with Gasteiger partial charge in [-0.1, -0.05) is 18.2 Å². The number of rotatable bonds is 5. The number of allylic oxidation sites excluding steroid dienone is 3. The number of aryl methyl sites for hydroxylation is 1. The van der Waals surface area contributed by atoms with E-state index < -0.39 is 11.9 Å². The summed E-state index contributed by atoms with van der Waals surface area (Å²) in [5, 5.41) is 12.4. The fourth-order valence-corrected chi connectivity index (χ4v) is 3.46. The number of fused-ring (bicyclic) bond motifs is 1. The molecule has 0 saturated carbocycles. The van der Waals surface area contributed by atoms with Gasteiger partial charge in [0.2, 0.25) is 0 Å². The van der Waals surface area contributed by atoms with Crippen molar-refractivity contribution in [3.63, 3.8) is 0 Å². The summed E-state index contributed by atoms with van der Waals surface area (Å²) in [6, 6.07) is 2.15. The van der Waals surface area contributed by atoms with Crippen LogP contribution in [-0.4, -0.2) is 18.5 Å². The zero-order chi connectivity index (χ0) is 15.9. The van der Waals surface area contributed by atoms with E-state index in [1.165, 1.54) is 23.5 Å². The predicted molar refractivity (Wildman–Crippen MR) is 84.6 cm³/mol. The van der Waals surface area contributed by atoms with Gasteiger partial charge in [0.15, 0.2) is 6.61 Å². The van der Waals surface area contributed by atoms with Crippen molar-refractivity contribution >= 4 is 28.2 Å². The third kappa shape index (κ3) is 3.83. The van der Waals surface area contributed by atoms with Gasteiger partial charge in [0.05, 0.1) is 5.56 Å². The van der Waals surface area contributed by atoms with Gasteiger partial charge in [-0.05, 0) is 31.7 Å². The molecule has 0 fully saturated rings. The topological polar surface area (TPSA) is 79.2 Å². The largest absolute Gasteiger partial charge is 0.452 e. The van der Waals surface area contributed by atoms with Crippen LogP contribution in [0.25, 0.3) is 0 Å². The lowest BCUT2D eigenvalue weighted by atomic mass is 10.1. The minimum atomic E-state index is -0.581. The zero-order valence-electron chi connectivity index (χ0n) is 12.2. The molecular weight excluding hydrogens is 300 g/mol. The number of anilines is 1. The second-order valence-corrected chi connectivity index (χ2v) is 5.82. The fraction of sp³-hybridized carbons (Fsp3) is 0.312. The van der Waals surface area contributed by atoms with Gasteiger partial charge in [0, 0.05) is 11.0 Å². The highest BCUT2D eigenvalue weighted by Gasteiger charge is 2.23. The minimum Gasteiger partial charge on any atom is -0.452 e. The number of amides is 1. The smallest absolute Gasteiger partial charge is 0.331 e. The van der Waals surface area contributed by atoms with E-state index in [0.717, 1.165) is 29.7 Å². The lowest BCUT2D eigenvalue weighted by molar-refractivity contribution is -0.142. The van der Waals surface area contributed by atoms with Crippen LogP contribution in [0.1, 0.15) is 29.3 Å². The summed E-state index contributed by atoms with van der Waals surface area (Å²) >= 11 is 1.43. The van der Waals surface area contributed by atoms with Crippen molar-refractivity contribution in [2.45, 2.75) is 26.2 Å². The van der Waals surface area contributed by atoms with Crippen LogP contribution in [0.3, 0.4) is 0 Å². The lowest BCUT2D eigenvalue weighted by Gasteiger charge is -2.04. The first kappa shape index (κ1) is 16.0. The highest BCUT2D eigenvalue weighted by atomic mass is 32.1. The van der Waals surface area contributed by atoms with Crippen LogP contribution in [0.2, 0.25) is 0 Å². The molecule has 114 valence electrons. The Morgan fingerprint density at radius 2 is 2.23 bits per heavy atom. The maximum atomic E-state index is 11.8. The number of carbonyl (C=O) groups is 2. The molecule has 0 spiro atoms. The molecule has 1 aliphatic carbocycles. The van der Waals surface area contributed by atoms with Crippen LogP contribution in [0.15, 0.2) is 24.3 Å². The van der Waals surface area contributed by atoms with E-state index in [1.807, 2.05) is 6.92 Å². The quantitative estimate of drug-likeness (QED) is 0.514. The molecule has 6 heteroatoms. The first-order valence-corrected chi connectivity index (χ1v) is 7.78. The van der Waals surface area contributed by atoms with Crippen molar-refractivity contribution in [2.24, 2.45) is 0 Å². The van der Waals surface area contributed by atoms with Gasteiger partial charge in [-0.2, -0.15) is 5.26 Å². The number of nitriles is 1. The summed E-state index contributed by atoms with van der Waals surface area (Å²) in [4.78, 5) is 24.3. The number of thiophene rings is 1. The summed E-state index contributed by atoms with van der Waals surface area (Å²) in [5.74, 6) is -1.02. The predicted octanol–water partition coefficient (Wildman–Crippen LogP) is 2.72. The van der Waals surface area contributed by atoms with Crippen LogP contribution < -0.4 is 5.32 Å². The maximum absolute atomic E-state index is 11.8. The molecular formula is C16H16N2O3S. The number of nitrogens with one attached hydrogen (secondary N) is 1. The number of hydrogen-bond acceptors (Lipinski definition) is 5. The second kappa shape index (κ2) is 7.57. The van der Waals surface area contributed by atoms with Crippen molar-refractivity contribution in [3.8, 4) is 6.07 Å². The number of hydrogen-bond donors (Lipinski definition) is 1. The molecule has 0 atom stereocenters. The molecule has 1 amide bonds. The Kier molecular flexibility index (Phi) is 5.50. The van der Waals surface area contributed by atoms with E-state index in [-0.39, 0.29) is 6.61 Å². The molecule has 0 saturated heterocycles. The molecule has 0 unspecified atom stereocenters. The average Bonchev–Trinajstić information content (AvgIpc) is 3.05. The number of nitrogens with zero attached hydrogens (tertiary/aromatic N) is 1. The molecule has 1 N–H and O–H groups in total. The highest BCUT2D eigenvalue weighted by molar-refractivity contribution is 7.16. The first-order valence-electron chi connectivity index (χ1n) is 6.96.